The maximum atomic E-state index is 10.5. The van der Waals surface area contributed by atoms with Crippen LogP contribution in [0.2, 0.25) is 0 Å². The highest BCUT2D eigenvalue weighted by Gasteiger charge is 2.43. The lowest BCUT2D eigenvalue weighted by Crippen LogP contribution is -2.20. The number of rotatable bonds is 15. The smallest absolute Gasteiger partial charge is 0.307 e. The number of aliphatic carboxylic acids is 1. The summed E-state index contributed by atoms with van der Waals surface area (Å²) in [6, 6.07) is 14.3. The van der Waals surface area contributed by atoms with Crippen molar-refractivity contribution in [3.63, 3.8) is 0 Å². The van der Waals surface area contributed by atoms with E-state index >= 15 is 0 Å². The van der Waals surface area contributed by atoms with E-state index in [-0.39, 0.29) is 17.9 Å². The zero-order chi connectivity index (χ0) is 26.3. The summed E-state index contributed by atoms with van der Waals surface area (Å²) in [5.74, 6) is 0.175. The van der Waals surface area contributed by atoms with Gasteiger partial charge in [-0.15, -0.1) is 0 Å². The number of hydrogen-bond acceptors (Lipinski definition) is 5. The molecule has 1 saturated heterocycles. The first kappa shape index (κ1) is 29.1. The summed E-state index contributed by atoms with van der Waals surface area (Å²) in [7, 11) is 0. The maximum absolute atomic E-state index is 10.5. The molecule has 6 nitrogen and oxygen atoms in total. The maximum Gasteiger partial charge on any atom is 0.307 e. The number of carboxylic acids is 1. The van der Waals surface area contributed by atoms with Gasteiger partial charge in [0.2, 0.25) is 5.88 Å². The van der Waals surface area contributed by atoms with Crippen LogP contribution in [0.3, 0.4) is 0 Å². The van der Waals surface area contributed by atoms with Gasteiger partial charge in [-0.25, -0.2) is 4.98 Å². The zero-order valence-electron chi connectivity index (χ0n) is 22.7. The van der Waals surface area contributed by atoms with E-state index in [4.69, 9.17) is 14.6 Å². The predicted molar refractivity (Wildman–Crippen MR) is 148 cm³/mol. The number of aromatic nitrogens is 1. The first-order valence-corrected chi connectivity index (χ1v) is 14.3. The summed E-state index contributed by atoms with van der Waals surface area (Å²) in [5, 5.41) is 12.3. The molecule has 6 heteroatoms. The van der Waals surface area contributed by atoms with Crippen molar-refractivity contribution < 1.29 is 19.4 Å². The molecule has 0 bridgehead atoms. The first-order chi connectivity index (χ1) is 18.1. The lowest BCUT2D eigenvalue weighted by Gasteiger charge is -2.15. The molecule has 0 radical (unpaired) electrons. The van der Waals surface area contributed by atoms with Crippen molar-refractivity contribution in [1.29, 1.82) is 0 Å². The molecule has 4 rings (SSSR count). The molecule has 37 heavy (non-hydrogen) atoms. The van der Waals surface area contributed by atoms with E-state index in [1.165, 1.54) is 56.9 Å². The highest BCUT2D eigenvalue weighted by atomic mass is 16.5. The molecule has 2 heterocycles. The van der Waals surface area contributed by atoms with Crippen molar-refractivity contribution in [1.82, 2.24) is 10.3 Å². The number of carbonyl (C=O) groups is 1. The van der Waals surface area contributed by atoms with Crippen LogP contribution in [0.25, 0.3) is 0 Å². The third-order valence-electron chi connectivity index (χ3n) is 7.25. The van der Waals surface area contributed by atoms with Gasteiger partial charge in [0.05, 0.1) is 19.1 Å². The molecule has 0 amide bonds. The Morgan fingerprint density at radius 3 is 2.41 bits per heavy atom. The number of carboxylic acid groups (broad SMARTS) is 1. The molecule has 4 atom stereocenters. The fourth-order valence-corrected chi connectivity index (χ4v) is 4.73. The van der Waals surface area contributed by atoms with Crippen LogP contribution >= 0.6 is 0 Å². The van der Waals surface area contributed by atoms with Crippen LogP contribution in [0, 0.1) is 5.92 Å². The van der Waals surface area contributed by atoms with E-state index in [1.54, 1.807) is 0 Å². The quantitative estimate of drug-likeness (QED) is 0.253. The minimum Gasteiger partial charge on any atom is -0.481 e. The number of ether oxygens (including phenoxy) is 2. The SMILES string of the molecule is CCCCCCCCCCN[C@@H](C)c1ccc(O[C@H]2CCOC2)nc1.O=C(O)[C@H]1C[C@@H]1c1ccccc1. The monoisotopic (exact) mass is 510 g/mol. The molecular weight excluding hydrogens is 464 g/mol. The van der Waals surface area contributed by atoms with Gasteiger partial charge in [-0.2, -0.15) is 0 Å². The summed E-state index contributed by atoms with van der Waals surface area (Å²) >= 11 is 0. The topological polar surface area (TPSA) is 80.7 Å². The lowest BCUT2D eigenvalue weighted by molar-refractivity contribution is -0.138. The van der Waals surface area contributed by atoms with E-state index in [1.807, 2.05) is 42.6 Å². The molecular formula is C31H46N2O4. The Hall–Kier alpha value is -2.44. The number of hydrogen-bond donors (Lipinski definition) is 2. The Morgan fingerprint density at radius 2 is 1.81 bits per heavy atom. The van der Waals surface area contributed by atoms with Crippen LogP contribution in [0.5, 0.6) is 5.88 Å². The molecule has 204 valence electrons. The zero-order valence-corrected chi connectivity index (χ0v) is 22.7. The van der Waals surface area contributed by atoms with Crippen molar-refractivity contribution in [3.05, 3.63) is 59.8 Å². The van der Waals surface area contributed by atoms with Gasteiger partial charge in [0.25, 0.3) is 0 Å². The number of pyridine rings is 1. The fourth-order valence-electron chi connectivity index (χ4n) is 4.73. The second kappa shape index (κ2) is 16.4. The van der Waals surface area contributed by atoms with E-state index in [9.17, 15) is 4.79 Å². The van der Waals surface area contributed by atoms with E-state index in [2.05, 4.69) is 30.2 Å². The van der Waals surface area contributed by atoms with Crippen LogP contribution < -0.4 is 10.1 Å². The van der Waals surface area contributed by atoms with Crippen molar-refractivity contribution >= 4 is 5.97 Å². The lowest BCUT2D eigenvalue weighted by atomic mass is 10.1. The summed E-state index contributed by atoms with van der Waals surface area (Å²) in [4.78, 5) is 15.0. The van der Waals surface area contributed by atoms with Gasteiger partial charge in [-0.3, -0.25) is 4.79 Å². The van der Waals surface area contributed by atoms with Crippen LogP contribution in [0.4, 0.5) is 0 Å². The predicted octanol–water partition coefficient (Wildman–Crippen LogP) is 6.92. The molecule has 2 aliphatic rings. The van der Waals surface area contributed by atoms with Crippen LogP contribution in [0.1, 0.15) is 101 Å². The second-order valence-corrected chi connectivity index (χ2v) is 10.4. The Balaban J connectivity index is 0.000000262. The van der Waals surface area contributed by atoms with Gasteiger partial charge >= 0.3 is 5.97 Å². The molecule has 1 aliphatic carbocycles. The van der Waals surface area contributed by atoms with Gasteiger partial charge in [0.1, 0.15) is 6.10 Å². The van der Waals surface area contributed by atoms with Gasteiger partial charge in [0.15, 0.2) is 0 Å². The highest BCUT2D eigenvalue weighted by Crippen LogP contribution is 2.47. The number of unbranched alkanes of at least 4 members (excludes halogenated alkanes) is 7. The largest absolute Gasteiger partial charge is 0.481 e. The number of nitrogens with one attached hydrogen (secondary N) is 1. The summed E-state index contributed by atoms with van der Waals surface area (Å²) < 4.78 is 11.1. The van der Waals surface area contributed by atoms with Crippen LogP contribution in [0.15, 0.2) is 48.7 Å². The third-order valence-corrected chi connectivity index (χ3v) is 7.25. The summed E-state index contributed by atoms with van der Waals surface area (Å²) in [6.07, 6.45) is 14.8. The average molecular weight is 511 g/mol. The fraction of sp³-hybridized carbons (Fsp3) is 0.613. The van der Waals surface area contributed by atoms with Crippen molar-refractivity contribution in [2.24, 2.45) is 5.92 Å². The Labute approximate surface area is 223 Å². The van der Waals surface area contributed by atoms with Gasteiger partial charge in [-0.05, 0) is 43.4 Å². The van der Waals surface area contributed by atoms with E-state index in [0.29, 0.717) is 18.5 Å². The van der Waals surface area contributed by atoms with Gasteiger partial charge < -0.3 is 19.9 Å². The minimum atomic E-state index is -0.663. The molecule has 2 aromatic rings. The van der Waals surface area contributed by atoms with Crippen LogP contribution in [-0.2, 0) is 9.53 Å². The Morgan fingerprint density at radius 1 is 1.08 bits per heavy atom. The molecule has 1 aliphatic heterocycles. The Bertz CT molecular complexity index is 884. The van der Waals surface area contributed by atoms with E-state index < -0.39 is 5.97 Å². The molecule has 1 aromatic carbocycles. The van der Waals surface area contributed by atoms with E-state index in [0.717, 1.165) is 31.6 Å². The third kappa shape index (κ3) is 10.8. The van der Waals surface area contributed by atoms with Crippen molar-refractivity contribution in [2.45, 2.75) is 96.1 Å². The minimum absolute atomic E-state index is 0.132. The molecule has 2 fully saturated rings. The summed E-state index contributed by atoms with van der Waals surface area (Å²) in [6.45, 7) is 7.02. The molecule has 0 unspecified atom stereocenters. The second-order valence-electron chi connectivity index (χ2n) is 10.4. The van der Waals surface area contributed by atoms with Gasteiger partial charge in [-0.1, -0.05) is 88.3 Å². The first-order valence-electron chi connectivity index (χ1n) is 14.3. The highest BCUT2D eigenvalue weighted by molar-refractivity contribution is 5.75. The molecule has 1 saturated carbocycles. The number of benzene rings is 1. The van der Waals surface area contributed by atoms with Gasteiger partial charge in [0, 0.05) is 24.7 Å². The average Bonchev–Trinajstić information content (AvgIpc) is 3.58. The summed E-state index contributed by atoms with van der Waals surface area (Å²) in [5.41, 5.74) is 2.37. The van der Waals surface area contributed by atoms with Crippen LogP contribution in [-0.4, -0.2) is 41.9 Å². The van der Waals surface area contributed by atoms with Crippen molar-refractivity contribution in [2.75, 3.05) is 19.8 Å². The molecule has 2 N–H and O–H groups in total. The Kier molecular flexibility index (Phi) is 12.9. The number of nitrogens with zero attached hydrogens (tertiary/aromatic N) is 1. The molecule has 1 aromatic heterocycles. The standard InChI is InChI=1S/C21H36N2O2.C10H10O2/c1-3-4-5-6-7-8-9-10-14-22-18(2)19-11-12-21(23-16-19)25-20-13-15-24-17-20;11-10(12)9-6-8(9)7-4-2-1-3-5-7/h11-12,16,18,20,22H,3-10,13-15,17H2,1-2H3;1-5,8-9H,6H2,(H,11,12)/t18-,20-;8-,9+/m01/s1. The van der Waals surface area contributed by atoms with Crippen molar-refractivity contribution in [3.8, 4) is 5.88 Å². The molecule has 0 spiro atoms. The normalized spacial score (nSPS) is 21.1.